The number of hydrogen-bond acceptors (Lipinski definition) is 8. The first kappa shape index (κ1) is 40.9. The lowest BCUT2D eigenvalue weighted by atomic mass is 9.65. The predicted octanol–water partition coefficient (Wildman–Crippen LogP) is 9.27. The number of aromatic nitrogens is 2. The predicted molar refractivity (Wildman–Crippen MR) is 228 cm³/mol. The zero-order valence-corrected chi connectivity index (χ0v) is 34.6. The Morgan fingerprint density at radius 3 is 2.55 bits per heavy atom. The molecule has 4 heterocycles. The van der Waals surface area contributed by atoms with E-state index in [4.69, 9.17) is 9.47 Å². The molecule has 10 nitrogen and oxygen atoms in total. The number of benzene rings is 2. The first-order valence-corrected chi connectivity index (χ1v) is 21.3. The number of nitrogens with one attached hydrogen (secondary N) is 2. The Kier molecular flexibility index (Phi) is 12.8. The second-order valence-corrected chi connectivity index (χ2v) is 16.9. The Morgan fingerprint density at radius 2 is 1.79 bits per heavy atom. The molecule has 3 aliphatic rings. The maximum Gasteiger partial charge on any atom is 0.302 e. The second kappa shape index (κ2) is 18.1. The van der Waals surface area contributed by atoms with Crippen molar-refractivity contribution < 1.29 is 29.0 Å². The van der Waals surface area contributed by atoms with Crippen LogP contribution in [-0.4, -0.2) is 58.5 Å². The summed E-state index contributed by atoms with van der Waals surface area (Å²) in [6, 6.07) is 11.0. The van der Waals surface area contributed by atoms with E-state index in [-0.39, 0.29) is 41.5 Å². The Labute approximate surface area is 342 Å². The van der Waals surface area contributed by atoms with Gasteiger partial charge in [-0.2, -0.15) is 0 Å². The smallest absolute Gasteiger partial charge is 0.302 e. The van der Waals surface area contributed by atoms with E-state index < -0.39 is 12.1 Å². The van der Waals surface area contributed by atoms with Crippen LogP contribution in [0.1, 0.15) is 114 Å². The van der Waals surface area contributed by atoms with Crippen LogP contribution >= 0.6 is 0 Å². The average molecular weight is 789 g/mol. The number of fused-ring (bicyclic) bond motifs is 4. The van der Waals surface area contributed by atoms with Crippen molar-refractivity contribution in [1.82, 2.24) is 14.9 Å². The lowest BCUT2D eigenvalue weighted by Crippen LogP contribution is -2.38. The highest BCUT2D eigenvalue weighted by atomic mass is 16.5. The number of carbonyl (C=O) groups is 3. The number of ketones is 2. The fourth-order valence-corrected chi connectivity index (χ4v) is 9.71. The summed E-state index contributed by atoms with van der Waals surface area (Å²) in [5.74, 6) is 1.40. The summed E-state index contributed by atoms with van der Waals surface area (Å²) >= 11 is 0. The molecule has 0 saturated heterocycles. The molecule has 3 atom stereocenters. The monoisotopic (exact) mass is 788 g/mol. The van der Waals surface area contributed by atoms with Crippen molar-refractivity contribution in [3.8, 4) is 11.5 Å². The molecule has 2 aromatic carbocycles. The van der Waals surface area contributed by atoms with Crippen molar-refractivity contribution >= 4 is 34.0 Å². The summed E-state index contributed by atoms with van der Waals surface area (Å²) in [6.07, 6.45) is 23.5. The number of dihydropyridines is 1. The van der Waals surface area contributed by atoms with Gasteiger partial charge in [0.25, 0.3) is 0 Å². The highest BCUT2D eigenvalue weighted by molar-refractivity contribution is 5.95. The maximum absolute atomic E-state index is 14.2. The number of phenols is 1. The van der Waals surface area contributed by atoms with Gasteiger partial charge >= 0.3 is 5.97 Å². The van der Waals surface area contributed by atoms with Gasteiger partial charge in [-0.05, 0) is 103 Å². The van der Waals surface area contributed by atoms with E-state index in [9.17, 15) is 19.5 Å². The molecule has 7 rings (SSSR count). The number of methoxy groups -OCH3 is 1. The van der Waals surface area contributed by atoms with Crippen LogP contribution in [0, 0.1) is 11.3 Å². The fraction of sp³-hybridized carbons (Fsp3) is 0.479. The molecule has 2 aliphatic heterocycles. The fourth-order valence-electron chi connectivity index (χ4n) is 9.71. The third-order valence-corrected chi connectivity index (χ3v) is 12.9. The second-order valence-electron chi connectivity index (χ2n) is 16.9. The highest BCUT2D eigenvalue weighted by Gasteiger charge is 2.37. The van der Waals surface area contributed by atoms with Crippen LogP contribution in [0.15, 0.2) is 84.7 Å². The van der Waals surface area contributed by atoms with Crippen LogP contribution < -0.4 is 15.0 Å². The molecule has 1 aliphatic carbocycles. The van der Waals surface area contributed by atoms with E-state index >= 15 is 0 Å². The van der Waals surface area contributed by atoms with Crippen LogP contribution in [0.4, 0.5) is 5.69 Å². The number of hydrogen-bond donors (Lipinski definition) is 3. The standard InChI is InChI=1S/C48H60N4O6/c1-5-34-12-14-41(58-33(3)54)25-40(55)26-44(35-13-15-45(56)46(23-35)57-4)51-30-36-10-9-11-43(42(36)31-51)52(21-17-32(2)53)47-24-39(16-20-50-47)48(18-7-6-8-19-48)27-38-29-49-28-37(38)22-34/h9-11,13,15-16,23-24,28-31,34,41,44,49-50,56H,5-8,12,14,17-22,25-27H2,1-4H3. The molecule has 4 bridgehead atoms. The average Bonchev–Trinajstić information content (AvgIpc) is 3.85. The number of aromatic amines is 1. The summed E-state index contributed by atoms with van der Waals surface area (Å²) in [6.45, 7) is 6.49. The van der Waals surface area contributed by atoms with Gasteiger partial charge in [-0.15, -0.1) is 0 Å². The molecule has 3 unspecified atom stereocenters. The Bertz CT molecular complexity index is 2170. The van der Waals surface area contributed by atoms with Crippen LogP contribution in [0.5, 0.6) is 11.5 Å². The van der Waals surface area contributed by atoms with Crippen LogP contribution in [0.3, 0.4) is 0 Å². The minimum absolute atomic E-state index is 0.0101. The van der Waals surface area contributed by atoms with Crippen molar-refractivity contribution in [1.29, 1.82) is 0 Å². The first-order valence-electron chi connectivity index (χ1n) is 21.3. The van der Waals surface area contributed by atoms with Crippen LogP contribution in [-0.2, 0) is 32.0 Å². The number of carbonyl (C=O) groups excluding carboxylic acids is 3. The van der Waals surface area contributed by atoms with Gasteiger partial charge in [0.1, 0.15) is 23.5 Å². The normalized spacial score (nSPS) is 21.7. The molecular formula is C48H60N4O6. The molecule has 1 saturated carbocycles. The topological polar surface area (TPSA) is 126 Å². The zero-order chi connectivity index (χ0) is 40.8. The molecule has 2 aromatic heterocycles. The third kappa shape index (κ3) is 9.22. The number of aromatic hydroxyl groups is 1. The minimum Gasteiger partial charge on any atom is -0.504 e. The summed E-state index contributed by atoms with van der Waals surface area (Å²) in [5.41, 5.74) is 5.84. The number of ether oxygens (including phenoxy) is 2. The molecular weight excluding hydrogens is 729 g/mol. The van der Waals surface area contributed by atoms with Gasteiger partial charge in [0.15, 0.2) is 11.5 Å². The van der Waals surface area contributed by atoms with Gasteiger partial charge in [-0.1, -0.05) is 56.9 Å². The molecule has 308 valence electrons. The summed E-state index contributed by atoms with van der Waals surface area (Å²) < 4.78 is 13.4. The van der Waals surface area contributed by atoms with Crippen molar-refractivity contribution in [2.45, 2.75) is 116 Å². The summed E-state index contributed by atoms with van der Waals surface area (Å²) in [5, 5.41) is 16.2. The van der Waals surface area contributed by atoms with Gasteiger partial charge < -0.3 is 34.3 Å². The lowest BCUT2D eigenvalue weighted by molar-refractivity contribution is -0.148. The van der Waals surface area contributed by atoms with Gasteiger partial charge in [-0.3, -0.25) is 14.4 Å². The molecule has 0 radical (unpaired) electrons. The van der Waals surface area contributed by atoms with Crippen LogP contribution in [0.2, 0.25) is 0 Å². The van der Waals surface area contributed by atoms with Crippen molar-refractivity contribution in [3.05, 3.63) is 101 Å². The SMILES string of the molecule is CCC1CCC(OC(C)=O)CC(=O)CC(c2ccc(O)c(OC)c2)n2cc3cccc(c3c2)N(CCC(C)=O)C2=CC(=CCN2)C2(CCCCC2)Cc2c[nH]cc2C1. The number of nitrogens with zero attached hydrogens (tertiary/aromatic N) is 2. The number of anilines is 1. The first-order chi connectivity index (χ1) is 28.1. The zero-order valence-electron chi connectivity index (χ0n) is 34.6. The Hall–Kier alpha value is -5.25. The van der Waals surface area contributed by atoms with Crippen molar-refractivity contribution in [2.24, 2.45) is 11.3 Å². The molecule has 58 heavy (non-hydrogen) atoms. The molecule has 3 N–H and O–H groups in total. The summed E-state index contributed by atoms with van der Waals surface area (Å²) in [7, 11) is 1.51. The largest absolute Gasteiger partial charge is 0.504 e. The van der Waals surface area contributed by atoms with Crippen LogP contribution in [0.25, 0.3) is 10.8 Å². The number of H-pyrrole nitrogens is 1. The highest BCUT2D eigenvalue weighted by Crippen LogP contribution is 2.48. The number of phenolic OH excluding ortho intramolecular Hbond substituents is 1. The Balaban J connectivity index is 1.38. The number of rotatable bonds is 7. The van der Waals surface area contributed by atoms with E-state index in [0.717, 1.165) is 66.4 Å². The summed E-state index contributed by atoms with van der Waals surface area (Å²) in [4.78, 5) is 44.9. The maximum atomic E-state index is 14.2. The molecule has 4 aromatic rings. The van der Waals surface area contributed by atoms with Gasteiger partial charge in [0, 0.05) is 74.8 Å². The van der Waals surface area contributed by atoms with E-state index in [1.54, 1.807) is 19.1 Å². The number of esters is 1. The van der Waals surface area contributed by atoms with Gasteiger partial charge in [0.05, 0.1) is 18.8 Å². The van der Waals surface area contributed by atoms with E-state index in [0.29, 0.717) is 37.6 Å². The van der Waals surface area contributed by atoms with E-state index in [1.807, 2.05) is 6.07 Å². The Morgan fingerprint density at radius 1 is 0.983 bits per heavy atom. The molecule has 1 spiro atoms. The van der Waals surface area contributed by atoms with Gasteiger partial charge in [-0.25, -0.2) is 0 Å². The molecule has 10 heteroatoms. The lowest BCUT2D eigenvalue weighted by Gasteiger charge is -2.41. The number of Topliss-reactive ketones (excluding diaryl/α,β-unsaturated/α-hetero) is 2. The quantitative estimate of drug-likeness (QED) is 0.158. The third-order valence-electron chi connectivity index (χ3n) is 12.9. The van der Waals surface area contributed by atoms with E-state index in [2.05, 4.69) is 81.8 Å². The van der Waals surface area contributed by atoms with E-state index in [1.165, 1.54) is 50.0 Å². The minimum atomic E-state index is -0.532. The number of allylic oxidation sites excluding steroid dienone is 2. The molecule has 0 amide bonds. The van der Waals surface area contributed by atoms with Gasteiger partial charge in [0.2, 0.25) is 0 Å². The molecule has 1 fully saturated rings. The van der Waals surface area contributed by atoms with Crippen molar-refractivity contribution in [2.75, 3.05) is 25.1 Å². The van der Waals surface area contributed by atoms with Crippen molar-refractivity contribution in [3.63, 3.8) is 0 Å².